The van der Waals surface area contributed by atoms with Gasteiger partial charge in [0, 0.05) is 56.7 Å². The van der Waals surface area contributed by atoms with Crippen LogP contribution in [0.2, 0.25) is 0 Å². The molecular formula is C50H40N4. The van der Waals surface area contributed by atoms with Gasteiger partial charge in [-0.3, -0.25) is 9.97 Å². The lowest BCUT2D eigenvalue weighted by Gasteiger charge is -2.18. The van der Waals surface area contributed by atoms with Crippen molar-refractivity contribution in [1.82, 2.24) is 19.1 Å². The second kappa shape index (κ2) is 12.6. The van der Waals surface area contributed by atoms with Crippen LogP contribution in [0.3, 0.4) is 0 Å². The van der Waals surface area contributed by atoms with E-state index in [1.807, 2.05) is 12.4 Å². The summed E-state index contributed by atoms with van der Waals surface area (Å²) in [5.41, 5.74) is 20.0. The van der Waals surface area contributed by atoms with Crippen LogP contribution >= 0.6 is 0 Å². The molecule has 5 aromatic carbocycles. The van der Waals surface area contributed by atoms with Gasteiger partial charge < -0.3 is 9.13 Å². The van der Waals surface area contributed by atoms with E-state index in [-0.39, 0.29) is 0 Å². The molecule has 10 rings (SSSR count). The van der Waals surface area contributed by atoms with E-state index in [9.17, 15) is 0 Å². The maximum atomic E-state index is 5.04. The zero-order valence-electron chi connectivity index (χ0n) is 31.1. The molecule has 0 saturated heterocycles. The van der Waals surface area contributed by atoms with Crippen LogP contribution in [0, 0.1) is 27.7 Å². The fourth-order valence-electron chi connectivity index (χ4n) is 8.87. The fraction of sp³-hybridized carbons (Fsp3) is 0.120. The van der Waals surface area contributed by atoms with Crippen molar-refractivity contribution < 1.29 is 0 Å². The molecule has 0 amide bonds. The third kappa shape index (κ3) is 4.90. The third-order valence-corrected chi connectivity index (χ3v) is 11.6. The number of pyridine rings is 2. The van der Waals surface area contributed by atoms with E-state index in [1.54, 1.807) is 0 Å². The first-order chi connectivity index (χ1) is 26.5. The van der Waals surface area contributed by atoms with Crippen LogP contribution in [0.4, 0.5) is 0 Å². The molecule has 4 nitrogen and oxygen atoms in total. The van der Waals surface area contributed by atoms with Crippen LogP contribution in [0.15, 0.2) is 140 Å². The fourth-order valence-corrected chi connectivity index (χ4v) is 8.87. The van der Waals surface area contributed by atoms with Crippen LogP contribution in [0.1, 0.15) is 39.9 Å². The number of fused-ring (bicyclic) bond motifs is 6. The van der Waals surface area contributed by atoms with E-state index in [0.29, 0.717) is 0 Å². The zero-order valence-corrected chi connectivity index (χ0v) is 31.1. The molecule has 260 valence electrons. The Morgan fingerprint density at radius 3 is 1.52 bits per heavy atom. The highest BCUT2D eigenvalue weighted by molar-refractivity contribution is 6.09. The Morgan fingerprint density at radius 2 is 0.963 bits per heavy atom. The molecule has 0 fully saturated rings. The van der Waals surface area contributed by atoms with Crippen LogP contribution in [0.5, 0.6) is 0 Å². The molecule has 0 radical (unpaired) electrons. The second-order valence-electron chi connectivity index (χ2n) is 14.7. The molecule has 9 aromatic rings. The summed E-state index contributed by atoms with van der Waals surface area (Å²) >= 11 is 0. The molecular weight excluding hydrogens is 657 g/mol. The number of hydrogen-bond acceptors (Lipinski definition) is 2. The topological polar surface area (TPSA) is 35.6 Å². The first-order valence-electron chi connectivity index (χ1n) is 18.9. The molecule has 4 heterocycles. The van der Waals surface area contributed by atoms with Gasteiger partial charge in [-0.2, -0.15) is 0 Å². The summed E-state index contributed by atoms with van der Waals surface area (Å²) in [5.74, 6) is 0. The van der Waals surface area contributed by atoms with Crippen molar-refractivity contribution in [3.8, 4) is 45.0 Å². The van der Waals surface area contributed by atoms with E-state index in [1.165, 1.54) is 66.2 Å². The summed E-state index contributed by atoms with van der Waals surface area (Å²) in [6.07, 6.45) is 10.7. The minimum atomic E-state index is 1.00. The smallest absolute Gasteiger partial charge is 0.0740 e. The predicted molar refractivity (Wildman–Crippen MR) is 226 cm³/mol. The Bertz CT molecular complexity index is 2940. The Balaban J connectivity index is 1.09. The SMILES string of the molecule is Cc1ccc(-n2c3c(c4ccccc42)CCC=C3)cc1-c1nccc(-c2ccnc(-c3cc(-n4c5ccccc5c5ccccc54)ccc3C)c2C)c1C. The molecule has 4 aromatic heterocycles. The van der Waals surface area contributed by atoms with Crippen molar-refractivity contribution in [1.29, 1.82) is 0 Å². The first kappa shape index (κ1) is 32.2. The van der Waals surface area contributed by atoms with Gasteiger partial charge in [0.15, 0.2) is 0 Å². The van der Waals surface area contributed by atoms with Gasteiger partial charge in [-0.1, -0.05) is 72.8 Å². The number of hydrogen-bond donors (Lipinski definition) is 0. The normalized spacial score (nSPS) is 12.6. The minimum Gasteiger partial charge on any atom is -0.310 e. The summed E-state index contributed by atoms with van der Waals surface area (Å²) in [6.45, 7) is 8.81. The summed E-state index contributed by atoms with van der Waals surface area (Å²) in [4.78, 5) is 10.1. The van der Waals surface area contributed by atoms with Crippen molar-refractivity contribution >= 4 is 38.8 Å². The predicted octanol–water partition coefficient (Wildman–Crippen LogP) is 12.7. The van der Waals surface area contributed by atoms with Crippen molar-refractivity contribution in [2.45, 2.75) is 40.5 Å². The van der Waals surface area contributed by atoms with E-state index in [0.717, 1.165) is 57.9 Å². The maximum absolute atomic E-state index is 5.04. The van der Waals surface area contributed by atoms with Crippen molar-refractivity contribution in [2.75, 3.05) is 0 Å². The Hall–Kier alpha value is -6.52. The number of benzene rings is 5. The molecule has 0 atom stereocenters. The molecule has 0 N–H and O–H groups in total. The summed E-state index contributed by atoms with van der Waals surface area (Å²) in [5, 5.41) is 3.86. The monoisotopic (exact) mass is 696 g/mol. The van der Waals surface area contributed by atoms with Crippen molar-refractivity contribution in [3.63, 3.8) is 0 Å². The molecule has 0 bridgehead atoms. The van der Waals surface area contributed by atoms with Gasteiger partial charge in [0.25, 0.3) is 0 Å². The number of allylic oxidation sites excluding steroid dienone is 1. The first-order valence-corrected chi connectivity index (χ1v) is 18.9. The lowest BCUT2D eigenvalue weighted by Crippen LogP contribution is -2.02. The van der Waals surface area contributed by atoms with Gasteiger partial charge >= 0.3 is 0 Å². The van der Waals surface area contributed by atoms with E-state index >= 15 is 0 Å². The lowest BCUT2D eigenvalue weighted by atomic mass is 9.91. The molecule has 0 aliphatic heterocycles. The number of nitrogens with zero attached hydrogens (tertiary/aromatic N) is 4. The molecule has 54 heavy (non-hydrogen) atoms. The van der Waals surface area contributed by atoms with Gasteiger partial charge in [-0.15, -0.1) is 0 Å². The Kier molecular flexibility index (Phi) is 7.48. The number of rotatable bonds is 5. The maximum Gasteiger partial charge on any atom is 0.0740 e. The van der Waals surface area contributed by atoms with Gasteiger partial charge in [0.1, 0.15) is 0 Å². The van der Waals surface area contributed by atoms with Crippen LogP contribution < -0.4 is 0 Å². The highest BCUT2D eigenvalue weighted by Gasteiger charge is 2.21. The largest absolute Gasteiger partial charge is 0.310 e. The molecule has 4 heteroatoms. The second-order valence-corrected chi connectivity index (χ2v) is 14.7. The van der Waals surface area contributed by atoms with Gasteiger partial charge in [0.05, 0.1) is 27.9 Å². The van der Waals surface area contributed by atoms with Gasteiger partial charge in [-0.25, -0.2) is 0 Å². The van der Waals surface area contributed by atoms with Crippen LogP contribution in [0.25, 0.3) is 83.8 Å². The van der Waals surface area contributed by atoms with Gasteiger partial charge in [-0.05, 0) is 140 Å². The average molecular weight is 697 g/mol. The van der Waals surface area contributed by atoms with Crippen molar-refractivity contribution in [3.05, 3.63) is 173 Å². The van der Waals surface area contributed by atoms with Crippen molar-refractivity contribution in [2.24, 2.45) is 0 Å². The van der Waals surface area contributed by atoms with E-state index < -0.39 is 0 Å². The number of aromatic nitrogens is 4. The van der Waals surface area contributed by atoms with Crippen LogP contribution in [-0.4, -0.2) is 19.1 Å². The molecule has 1 aliphatic carbocycles. The molecule has 0 unspecified atom stereocenters. The third-order valence-electron chi connectivity index (χ3n) is 11.6. The Labute approximate surface area is 315 Å². The lowest BCUT2D eigenvalue weighted by molar-refractivity contribution is 0.967. The van der Waals surface area contributed by atoms with Gasteiger partial charge in [0.2, 0.25) is 0 Å². The van der Waals surface area contributed by atoms with E-state index in [4.69, 9.17) is 9.97 Å². The quantitative estimate of drug-likeness (QED) is 0.180. The highest BCUT2D eigenvalue weighted by atomic mass is 15.0. The number of para-hydroxylation sites is 3. The van der Waals surface area contributed by atoms with E-state index in [2.05, 4.69) is 170 Å². The summed E-state index contributed by atoms with van der Waals surface area (Å²) < 4.78 is 4.81. The zero-order chi connectivity index (χ0) is 36.5. The standard InChI is InChI=1S/C50H40N4/c1-31-21-23-35(53-45-17-9-5-13-39(45)40-14-6-10-18-46(40)53)29-43(31)49-33(3)37(25-27-51-49)38-26-28-52-50(34(38)4)44-30-36(24-22-32(44)2)54-47-19-11-7-15-41(47)42-16-8-12-20-48(42)54/h5-7,9-15,17-30H,8,16H2,1-4H3. The highest BCUT2D eigenvalue weighted by Crippen LogP contribution is 2.40. The average Bonchev–Trinajstić information content (AvgIpc) is 3.72. The Morgan fingerprint density at radius 1 is 0.481 bits per heavy atom. The number of aryl methyl sites for hydroxylation is 3. The summed E-state index contributed by atoms with van der Waals surface area (Å²) in [7, 11) is 0. The van der Waals surface area contributed by atoms with Crippen LogP contribution in [-0.2, 0) is 6.42 Å². The molecule has 1 aliphatic rings. The minimum absolute atomic E-state index is 1.00. The molecule has 0 saturated carbocycles. The summed E-state index contributed by atoms with van der Waals surface area (Å²) in [6, 6.07) is 44.1. The molecule has 0 spiro atoms.